The SMILES string of the molecule is COc1nc(N)nc(NC2CC(=O)N(C)C2=O)n1. The first-order valence-electron chi connectivity index (χ1n) is 5.13. The van der Waals surface area contributed by atoms with Gasteiger partial charge >= 0.3 is 6.01 Å². The van der Waals surface area contributed by atoms with Gasteiger partial charge in [-0.05, 0) is 0 Å². The van der Waals surface area contributed by atoms with Crippen molar-refractivity contribution in [1.82, 2.24) is 19.9 Å². The zero-order valence-electron chi connectivity index (χ0n) is 9.88. The Morgan fingerprint density at radius 1 is 1.39 bits per heavy atom. The van der Waals surface area contributed by atoms with Crippen molar-refractivity contribution in [2.24, 2.45) is 0 Å². The number of carbonyl (C=O) groups is 2. The number of nitrogens with two attached hydrogens (primary N) is 1. The minimum atomic E-state index is -0.686. The molecule has 0 saturated carbocycles. The summed E-state index contributed by atoms with van der Waals surface area (Å²) in [5, 5.41) is 2.73. The fourth-order valence-corrected chi connectivity index (χ4v) is 1.55. The van der Waals surface area contributed by atoms with E-state index in [2.05, 4.69) is 20.3 Å². The Morgan fingerprint density at radius 2 is 2.11 bits per heavy atom. The van der Waals surface area contributed by atoms with Gasteiger partial charge < -0.3 is 15.8 Å². The first kappa shape index (κ1) is 12.0. The normalized spacial score (nSPS) is 19.2. The molecule has 1 aromatic heterocycles. The fraction of sp³-hybridized carbons (Fsp3) is 0.444. The molecule has 0 spiro atoms. The average Bonchev–Trinajstić information content (AvgIpc) is 2.56. The molecule has 1 saturated heterocycles. The molecule has 2 rings (SSSR count). The van der Waals surface area contributed by atoms with Crippen LogP contribution in [-0.2, 0) is 9.59 Å². The number of methoxy groups -OCH3 is 1. The molecule has 0 aromatic carbocycles. The van der Waals surface area contributed by atoms with Crippen LogP contribution >= 0.6 is 0 Å². The van der Waals surface area contributed by atoms with Crippen LogP contribution in [0, 0.1) is 0 Å². The number of likely N-dealkylation sites (N-methyl/N-ethyl adjacent to an activating group) is 1. The third-order valence-electron chi connectivity index (χ3n) is 2.50. The summed E-state index contributed by atoms with van der Waals surface area (Å²) in [5.74, 6) is -0.528. The van der Waals surface area contributed by atoms with Gasteiger partial charge in [-0.1, -0.05) is 0 Å². The van der Waals surface area contributed by atoms with E-state index in [1.54, 1.807) is 0 Å². The van der Waals surface area contributed by atoms with Gasteiger partial charge in [-0.25, -0.2) is 0 Å². The van der Waals surface area contributed by atoms with E-state index in [-0.39, 0.29) is 36.1 Å². The number of nitrogen functional groups attached to an aromatic ring is 1. The second-order valence-electron chi connectivity index (χ2n) is 3.70. The molecule has 1 atom stereocenters. The molecular weight excluding hydrogens is 240 g/mol. The maximum absolute atomic E-state index is 11.7. The first-order chi connectivity index (χ1) is 8.51. The lowest BCUT2D eigenvalue weighted by Gasteiger charge is -2.11. The van der Waals surface area contributed by atoms with Crippen LogP contribution in [0.2, 0.25) is 0 Å². The Morgan fingerprint density at radius 3 is 2.67 bits per heavy atom. The van der Waals surface area contributed by atoms with Crippen molar-refractivity contribution < 1.29 is 14.3 Å². The summed E-state index contributed by atoms with van der Waals surface area (Å²) < 4.78 is 4.82. The van der Waals surface area contributed by atoms with E-state index in [1.165, 1.54) is 14.2 Å². The zero-order chi connectivity index (χ0) is 13.3. The maximum atomic E-state index is 11.7. The third-order valence-corrected chi connectivity index (χ3v) is 2.50. The Hall–Kier alpha value is -2.45. The Labute approximate surface area is 102 Å². The number of anilines is 2. The van der Waals surface area contributed by atoms with Gasteiger partial charge in [0.1, 0.15) is 6.04 Å². The van der Waals surface area contributed by atoms with Gasteiger partial charge in [0.25, 0.3) is 5.91 Å². The van der Waals surface area contributed by atoms with E-state index in [1.807, 2.05) is 0 Å². The molecule has 1 unspecified atom stereocenters. The molecule has 2 heterocycles. The molecule has 9 nitrogen and oxygen atoms in total. The number of likely N-dealkylation sites (tertiary alicyclic amines) is 1. The Balaban J connectivity index is 2.17. The van der Waals surface area contributed by atoms with E-state index in [9.17, 15) is 9.59 Å². The number of imide groups is 1. The van der Waals surface area contributed by atoms with Crippen LogP contribution in [0.3, 0.4) is 0 Å². The second-order valence-corrected chi connectivity index (χ2v) is 3.70. The van der Waals surface area contributed by atoms with Crippen LogP contribution in [0.25, 0.3) is 0 Å². The monoisotopic (exact) mass is 252 g/mol. The van der Waals surface area contributed by atoms with Crippen molar-refractivity contribution in [2.75, 3.05) is 25.2 Å². The number of hydrogen-bond donors (Lipinski definition) is 2. The molecule has 1 aromatic rings. The average molecular weight is 252 g/mol. The van der Waals surface area contributed by atoms with Crippen molar-refractivity contribution >= 4 is 23.7 Å². The molecule has 96 valence electrons. The number of ether oxygens (including phenoxy) is 1. The lowest BCUT2D eigenvalue weighted by Crippen LogP contribution is -2.32. The topological polar surface area (TPSA) is 123 Å². The van der Waals surface area contributed by atoms with E-state index in [0.717, 1.165) is 4.90 Å². The summed E-state index contributed by atoms with van der Waals surface area (Å²) in [5.41, 5.74) is 5.45. The largest absolute Gasteiger partial charge is 0.467 e. The molecule has 1 aliphatic rings. The van der Waals surface area contributed by atoms with Gasteiger partial charge in [0.05, 0.1) is 13.5 Å². The minimum absolute atomic E-state index is 0.0329. The molecule has 18 heavy (non-hydrogen) atoms. The van der Waals surface area contributed by atoms with Crippen molar-refractivity contribution in [1.29, 1.82) is 0 Å². The Kier molecular flexibility index (Phi) is 2.96. The van der Waals surface area contributed by atoms with Crippen molar-refractivity contribution in [2.45, 2.75) is 12.5 Å². The van der Waals surface area contributed by atoms with Crippen molar-refractivity contribution in [3.05, 3.63) is 0 Å². The lowest BCUT2D eigenvalue weighted by atomic mass is 10.2. The molecule has 1 fully saturated rings. The van der Waals surface area contributed by atoms with Crippen LogP contribution < -0.4 is 15.8 Å². The van der Waals surface area contributed by atoms with Gasteiger partial charge in [-0.3, -0.25) is 14.5 Å². The van der Waals surface area contributed by atoms with Crippen LogP contribution in [0.5, 0.6) is 6.01 Å². The van der Waals surface area contributed by atoms with Crippen LogP contribution in [0.1, 0.15) is 6.42 Å². The summed E-state index contributed by atoms with van der Waals surface area (Å²) in [6, 6.07) is -0.649. The highest BCUT2D eigenvalue weighted by Crippen LogP contribution is 2.16. The molecule has 0 aliphatic carbocycles. The van der Waals surface area contributed by atoms with Gasteiger partial charge in [-0.2, -0.15) is 15.0 Å². The molecule has 0 bridgehead atoms. The van der Waals surface area contributed by atoms with Crippen molar-refractivity contribution in [3.8, 4) is 6.01 Å². The number of carbonyl (C=O) groups excluding carboxylic acids is 2. The van der Waals surface area contributed by atoms with Crippen molar-refractivity contribution in [3.63, 3.8) is 0 Å². The smallest absolute Gasteiger partial charge is 0.322 e. The predicted octanol–water partition coefficient (Wildman–Crippen LogP) is -1.37. The van der Waals surface area contributed by atoms with Gasteiger partial charge in [0.15, 0.2) is 0 Å². The zero-order valence-corrected chi connectivity index (χ0v) is 9.88. The number of hydrogen-bond acceptors (Lipinski definition) is 8. The molecular formula is C9H12N6O3. The highest BCUT2D eigenvalue weighted by atomic mass is 16.5. The number of nitrogens with zero attached hydrogens (tertiary/aromatic N) is 4. The van der Waals surface area contributed by atoms with Crippen LogP contribution in [0.15, 0.2) is 0 Å². The second kappa shape index (κ2) is 4.43. The lowest BCUT2D eigenvalue weighted by molar-refractivity contribution is -0.136. The predicted molar refractivity (Wildman–Crippen MR) is 60.6 cm³/mol. The number of nitrogens with one attached hydrogen (secondary N) is 1. The fourth-order valence-electron chi connectivity index (χ4n) is 1.55. The summed E-state index contributed by atoms with van der Waals surface area (Å²) in [7, 11) is 2.81. The van der Waals surface area contributed by atoms with E-state index in [0.29, 0.717) is 0 Å². The summed E-state index contributed by atoms with van der Waals surface area (Å²) >= 11 is 0. The molecule has 9 heteroatoms. The highest BCUT2D eigenvalue weighted by molar-refractivity contribution is 6.06. The third kappa shape index (κ3) is 2.14. The quantitative estimate of drug-likeness (QED) is 0.631. The van der Waals surface area contributed by atoms with E-state index in [4.69, 9.17) is 10.5 Å². The number of amides is 2. The molecule has 1 aliphatic heterocycles. The number of rotatable bonds is 3. The van der Waals surface area contributed by atoms with E-state index < -0.39 is 6.04 Å². The summed E-state index contributed by atoms with van der Waals surface area (Å²) in [6.07, 6.45) is 0.0588. The summed E-state index contributed by atoms with van der Waals surface area (Å²) in [6.45, 7) is 0. The maximum Gasteiger partial charge on any atom is 0.322 e. The first-order valence-corrected chi connectivity index (χ1v) is 5.13. The Bertz CT molecular complexity index is 505. The molecule has 0 radical (unpaired) electrons. The van der Waals surface area contributed by atoms with E-state index >= 15 is 0 Å². The number of aromatic nitrogens is 3. The van der Waals surface area contributed by atoms with Gasteiger partial charge in [-0.15, -0.1) is 0 Å². The minimum Gasteiger partial charge on any atom is -0.467 e. The summed E-state index contributed by atoms with van der Waals surface area (Å²) in [4.78, 5) is 35.5. The standard InChI is InChI=1S/C9H12N6O3/c1-15-5(16)3-4(6(15)17)11-8-12-7(10)13-9(14-8)18-2/h4H,3H2,1-2H3,(H3,10,11,12,13,14). The molecule has 2 amide bonds. The molecule has 3 N–H and O–H groups in total. The van der Waals surface area contributed by atoms with Crippen LogP contribution in [-0.4, -0.2) is 51.9 Å². The van der Waals surface area contributed by atoms with Gasteiger partial charge in [0, 0.05) is 7.05 Å². The van der Waals surface area contributed by atoms with Crippen LogP contribution in [0.4, 0.5) is 11.9 Å². The van der Waals surface area contributed by atoms with Gasteiger partial charge in [0.2, 0.25) is 17.8 Å². The highest BCUT2D eigenvalue weighted by Gasteiger charge is 2.36.